The Kier molecular flexibility index (Phi) is 26.1. The Balaban J connectivity index is 0. The quantitative estimate of drug-likeness (QED) is 0.0431. The van der Waals surface area contributed by atoms with Gasteiger partial charge in [0.25, 0.3) is 0 Å². The SMILES string of the molecule is CC(C)(C)OCCNC(=O)OC(=O)NCNC(=O)COCC(=O)C(C)(C)C.CC(C)NC(=O)COCC(=O)NCNC(=O)COCC(=O)NC(C)C. The summed E-state index contributed by atoms with van der Waals surface area (Å²) in [5, 5.41) is 16.9. The zero-order valence-corrected chi connectivity index (χ0v) is 32.0. The molecule has 0 radical (unpaired) electrons. The van der Waals surface area contributed by atoms with Gasteiger partial charge in [0.15, 0.2) is 5.78 Å². The van der Waals surface area contributed by atoms with Gasteiger partial charge in [-0.15, -0.1) is 0 Å². The molecular weight excluding hydrogens is 690 g/mol. The van der Waals surface area contributed by atoms with Gasteiger partial charge in [0.2, 0.25) is 29.5 Å². The number of alkyl carbamates (subject to hydrolysis) is 2. The summed E-state index contributed by atoms with van der Waals surface area (Å²) in [6.07, 6.45) is -1.95. The lowest BCUT2D eigenvalue weighted by molar-refractivity contribution is -0.135. The van der Waals surface area contributed by atoms with E-state index in [-0.39, 0.29) is 101 Å². The van der Waals surface area contributed by atoms with E-state index >= 15 is 0 Å². The highest BCUT2D eigenvalue weighted by atomic mass is 16.6. The third kappa shape index (κ3) is 34.1. The molecular formula is C32H59N7O13. The zero-order chi connectivity index (χ0) is 40.3. The Labute approximate surface area is 305 Å². The molecule has 20 nitrogen and oxygen atoms in total. The van der Waals surface area contributed by atoms with Crippen molar-refractivity contribution in [1.82, 2.24) is 37.2 Å². The molecule has 0 spiro atoms. The van der Waals surface area contributed by atoms with Gasteiger partial charge in [0.1, 0.15) is 39.6 Å². The van der Waals surface area contributed by atoms with Crippen molar-refractivity contribution in [3.05, 3.63) is 0 Å². The fourth-order valence-corrected chi connectivity index (χ4v) is 2.93. The Hall–Kier alpha value is -4.40. The molecule has 0 saturated carbocycles. The van der Waals surface area contributed by atoms with Crippen LogP contribution in [-0.2, 0) is 52.5 Å². The van der Waals surface area contributed by atoms with Crippen LogP contribution in [0.3, 0.4) is 0 Å². The predicted molar refractivity (Wildman–Crippen MR) is 186 cm³/mol. The van der Waals surface area contributed by atoms with Crippen LogP contribution in [0.5, 0.6) is 0 Å². The molecule has 0 unspecified atom stereocenters. The van der Waals surface area contributed by atoms with E-state index in [9.17, 15) is 38.4 Å². The maximum atomic E-state index is 11.6. The van der Waals surface area contributed by atoms with Gasteiger partial charge in [-0.3, -0.25) is 28.8 Å². The number of hydrogen-bond acceptors (Lipinski definition) is 13. The normalized spacial score (nSPS) is 11.0. The van der Waals surface area contributed by atoms with Crippen molar-refractivity contribution >= 4 is 47.5 Å². The van der Waals surface area contributed by atoms with Crippen LogP contribution in [0.15, 0.2) is 0 Å². The van der Waals surface area contributed by atoms with Gasteiger partial charge in [0, 0.05) is 24.0 Å². The minimum absolute atomic E-state index is 0.00111. The molecule has 0 atom stereocenters. The highest BCUT2D eigenvalue weighted by Crippen LogP contribution is 2.14. The summed E-state index contributed by atoms with van der Waals surface area (Å²) in [6, 6.07) is -0.00221. The van der Waals surface area contributed by atoms with Crippen LogP contribution in [0.2, 0.25) is 0 Å². The predicted octanol–water partition coefficient (Wildman–Crippen LogP) is -0.798. The standard InChI is InChI=1S/C17H31N3O7.C15H28N4O6/c1-16(2,3)12(21)9-25-10-13(22)19-11-20-15(24)27-14(23)18-7-8-26-17(4,5)6;1-10(2)18-14(22)7-24-5-12(20)16-9-17-13(21)6-25-8-15(23)19-11(3)4/h7-11H2,1-6H3,(H,18,23)(H,19,22)(H,20,24);10-11H,5-9H2,1-4H3,(H,16,20)(H,17,21)(H,18,22)(H,19,23). The van der Waals surface area contributed by atoms with Gasteiger partial charge in [-0.25, -0.2) is 9.59 Å². The van der Waals surface area contributed by atoms with E-state index in [0.717, 1.165) is 0 Å². The molecule has 0 aromatic rings. The molecule has 0 rings (SSSR count). The first-order chi connectivity index (χ1) is 24.0. The van der Waals surface area contributed by atoms with E-state index < -0.39 is 35.3 Å². The second-order valence-electron chi connectivity index (χ2n) is 13.5. The van der Waals surface area contributed by atoms with E-state index in [4.69, 9.17) is 18.9 Å². The molecule has 0 bridgehead atoms. The summed E-state index contributed by atoms with van der Waals surface area (Å²) in [7, 11) is 0. The highest BCUT2D eigenvalue weighted by molar-refractivity contribution is 5.86. The fourth-order valence-electron chi connectivity index (χ4n) is 2.93. The Morgan fingerprint density at radius 1 is 0.500 bits per heavy atom. The number of hydrogen-bond donors (Lipinski definition) is 7. The van der Waals surface area contributed by atoms with Crippen LogP contribution in [0, 0.1) is 5.41 Å². The third-order valence-electron chi connectivity index (χ3n) is 5.32. The minimum atomic E-state index is -1.02. The van der Waals surface area contributed by atoms with Crippen molar-refractivity contribution in [3.63, 3.8) is 0 Å². The number of ether oxygens (including phenoxy) is 5. The number of rotatable bonds is 21. The molecule has 7 N–H and O–H groups in total. The molecule has 20 heteroatoms. The van der Waals surface area contributed by atoms with Gasteiger partial charge >= 0.3 is 12.2 Å². The third-order valence-corrected chi connectivity index (χ3v) is 5.32. The van der Waals surface area contributed by atoms with Gasteiger partial charge in [-0.05, 0) is 48.5 Å². The van der Waals surface area contributed by atoms with E-state index in [2.05, 4.69) is 42.0 Å². The van der Waals surface area contributed by atoms with Crippen LogP contribution >= 0.6 is 0 Å². The van der Waals surface area contributed by atoms with Crippen molar-refractivity contribution in [2.75, 3.05) is 66.1 Å². The van der Waals surface area contributed by atoms with Gasteiger partial charge in [0.05, 0.1) is 25.5 Å². The van der Waals surface area contributed by atoms with E-state index in [1.54, 1.807) is 20.8 Å². The first-order valence-corrected chi connectivity index (χ1v) is 16.5. The van der Waals surface area contributed by atoms with Gasteiger partial charge < -0.3 is 60.9 Å². The largest absolute Gasteiger partial charge is 0.417 e. The van der Waals surface area contributed by atoms with Gasteiger partial charge in [-0.1, -0.05) is 20.8 Å². The topological polar surface area (TPSA) is 267 Å². The Morgan fingerprint density at radius 2 is 0.865 bits per heavy atom. The van der Waals surface area contributed by atoms with Crippen LogP contribution in [0.25, 0.3) is 0 Å². The van der Waals surface area contributed by atoms with E-state index in [0.29, 0.717) is 0 Å². The van der Waals surface area contributed by atoms with Gasteiger partial charge in [-0.2, -0.15) is 0 Å². The summed E-state index contributed by atoms with van der Waals surface area (Å²) >= 11 is 0. The monoisotopic (exact) mass is 749 g/mol. The molecule has 0 fully saturated rings. The molecule has 52 heavy (non-hydrogen) atoms. The average molecular weight is 750 g/mol. The average Bonchev–Trinajstić information content (AvgIpc) is 2.98. The Bertz CT molecular complexity index is 1110. The Morgan fingerprint density at radius 3 is 1.25 bits per heavy atom. The zero-order valence-electron chi connectivity index (χ0n) is 32.0. The van der Waals surface area contributed by atoms with Crippen molar-refractivity contribution in [1.29, 1.82) is 0 Å². The fraction of sp³-hybridized carbons (Fsp3) is 0.750. The first kappa shape index (κ1) is 49.7. The second-order valence-corrected chi connectivity index (χ2v) is 13.5. The maximum absolute atomic E-state index is 11.6. The molecule has 0 aliphatic heterocycles. The molecule has 0 aromatic heterocycles. The van der Waals surface area contributed by atoms with Crippen molar-refractivity contribution in [2.45, 2.75) is 86.9 Å². The number of ketones is 1. The summed E-state index contributed by atoms with van der Waals surface area (Å²) < 4.78 is 24.7. The molecule has 0 aliphatic carbocycles. The maximum Gasteiger partial charge on any atom is 0.417 e. The van der Waals surface area contributed by atoms with Crippen LogP contribution < -0.4 is 37.2 Å². The molecule has 300 valence electrons. The summed E-state index contributed by atoms with van der Waals surface area (Å²) in [5.74, 6) is -2.23. The van der Waals surface area contributed by atoms with E-state index in [1.807, 2.05) is 48.5 Å². The minimum Gasteiger partial charge on any atom is -0.374 e. The number of carbonyl (C=O) groups excluding carboxylic acids is 8. The van der Waals surface area contributed by atoms with Crippen LogP contribution in [0.1, 0.15) is 69.2 Å². The van der Waals surface area contributed by atoms with Crippen molar-refractivity contribution < 1.29 is 62.0 Å². The number of Topliss-reactive ketones (excluding diaryl/α,β-unsaturated/α-hetero) is 1. The molecule has 0 aromatic carbocycles. The van der Waals surface area contributed by atoms with Crippen molar-refractivity contribution in [2.24, 2.45) is 5.41 Å². The summed E-state index contributed by atoms with van der Waals surface area (Å²) in [6.45, 7) is 16.7. The van der Waals surface area contributed by atoms with Crippen LogP contribution in [0.4, 0.5) is 9.59 Å². The number of amides is 7. The van der Waals surface area contributed by atoms with Crippen molar-refractivity contribution in [3.8, 4) is 0 Å². The summed E-state index contributed by atoms with van der Waals surface area (Å²) in [4.78, 5) is 91.3. The first-order valence-electron chi connectivity index (χ1n) is 16.5. The number of carbonyl (C=O) groups is 8. The molecule has 0 aliphatic rings. The lowest BCUT2D eigenvalue weighted by atomic mass is 9.91. The highest BCUT2D eigenvalue weighted by Gasteiger charge is 2.21. The second kappa shape index (κ2) is 27.3. The molecule has 7 amide bonds. The van der Waals surface area contributed by atoms with Crippen LogP contribution in [-0.4, -0.2) is 131 Å². The smallest absolute Gasteiger partial charge is 0.374 e. The lowest BCUT2D eigenvalue weighted by Gasteiger charge is -2.19. The number of nitrogens with one attached hydrogen (secondary N) is 7. The van der Waals surface area contributed by atoms with E-state index in [1.165, 1.54) is 0 Å². The lowest BCUT2D eigenvalue weighted by Crippen LogP contribution is -2.41. The molecule has 0 saturated heterocycles. The summed E-state index contributed by atoms with van der Waals surface area (Å²) in [5.41, 5.74) is -0.869. The molecule has 0 heterocycles.